The molecule has 3 rings (SSSR count). The number of aromatic nitrogens is 1. The molecule has 72 valence electrons. The van der Waals surface area contributed by atoms with Gasteiger partial charge >= 0.3 is 0 Å². The van der Waals surface area contributed by atoms with Gasteiger partial charge in [-0.25, -0.2) is 0 Å². The first-order chi connectivity index (χ1) is 6.84. The fourth-order valence-electron chi connectivity index (χ4n) is 2.13. The van der Waals surface area contributed by atoms with Crippen LogP contribution in [0.2, 0.25) is 0 Å². The van der Waals surface area contributed by atoms with Gasteiger partial charge in [0.05, 0.1) is 5.69 Å². The molecule has 4 N–H and O–H groups in total. The van der Waals surface area contributed by atoms with E-state index in [1.807, 2.05) is 18.2 Å². The number of rotatable bonds is 0. The maximum absolute atomic E-state index is 5.77. The zero-order valence-corrected chi connectivity index (χ0v) is 7.93. The zero-order valence-electron chi connectivity index (χ0n) is 7.93. The first kappa shape index (κ1) is 7.74. The number of aromatic amines is 1. The lowest BCUT2D eigenvalue weighted by Crippen LogP contribution is -2.10. The largest absolute Gasteiger partial charge is 0.399 e. The standard InChI is InChI=1S/C11H13N3/c12-7-3-4-9-8(6-7)11-10(14-9)2-1-5-13-11/h3-4,6,13-14H,1-2,5,12H2. The third-order valence-electron chi connectivity index (χ3n) is 2.81. The second kappa shape index (κ2) is 2.67. The summed E-state index contributed by atoms with van der Waals surface area (Å²) in [6, 6.07) is 6.01. The molecule has 1 aromatic carbocycles. The molecule has 1 aliphatic heterocycles. The van der Waals surface area contributed by atoms with Crippen LogP contribution in [-0.4, -0.2) is 11.5 Å². The quantitative estimate of drug-likeness (QED) is 0.553. The molecule has 0 atom stereocenters. The molecule has 2 aromatic rings. The van der Waals surface area contributed by atoms with E-state index in [0.717, 1.165) is 18.7 Å². The molecule has 14 heavy (non-hydrogen) atoms. The molecule has 0 saturated carbocycles. The van der Waals surface area contributed by atoms with Crippen molar-refractivity contribution in [2.45, 2.75) is 12.8 Å². The first-order valence-electron chi connectivity index (χ1n) is 4.98. The molecule has 0 amide bonds. The number of hydrogen-bond donors (Lipinski definition) is 3. The number of benzene rings is 1. The minimum Gasteiger partial charge on any atom is -0.399 e. The highest BCUT2D eigenvalue weighted by atomic mass is 14.9. The van der Waals surface area contributed by atoms with Gasteiger partial charge in [-0.15, -0.1) is 0 Å². The number of aryl methyl sites for hydroxylation is 1. The summed E-state index contributed by atoms with van der Waals surface area (Å²) in [4.78, 5) is 3.43. The van der Waals surface area contributed by atoms with E-state index < -0.39 is 0 Å². The first-order valence-corrected chi connectivity index (χ1v) is 4.98. The normalized spacial score (nSPS) is 15.1. The van der Waals surface area contributed by atoms with Crippen LogP contribution in [0.4, 0.5) is 11.4 Å². The smallest absolute Gasteiger partial charge is 0.0631 e. The second-order valence-electron chi connectivity index (χ2n) is 3.81. The van der Waals surface area contributed by atoms with Crippen LogP contribution < -0.4 is 11.1 Å². The van der Waals surface area contributed by atoms with E-state index in [9.17, 15) is 0 Å². The number of anilines is 2. The van der Waals surface area contributed by atoms with Crippen molar-refractivity contribution in [3.63, 3.8) is 0 Å². The van der Waals surface area contributed by atoms with Gasteiger partial charge in [0.25, 0.3) is 0 Å². The fourth-order valence-corrected chi connectivity index (χ4v) is 2.13. The van der Waals surface area contributed by atoms with Gasteiger partial charge in [-0.3, -0.25) is 0 Å². The average molecular weight is 187 g/mol. The van der Waals surface area contributed by atoms with Crippen molar-refractivity contribution in [3.05, 3.63) is 23.9 Å². The van der Waals surface area contributed by atoms with E-state index in [4.69, 9.17) is 5.73 Å². The van der Waals surface area contributed by atoms with Crippen LogP contribution in [-0.2, 0) is 6.42 Å². The van der Waals surface area contributed by atoms with Gasteiger partial charge in [0.2, 0.25) is 0 Å². The Bertz CT molecular complexity index is 484. The van der Waals surface area contributed by atoms with Crippen LogP contribution in [0.15, 0.2) is 18.2 Å². The summed E-state index contributed by atoms with van der Waals surface area (Å²) in [6.45, 7) is 1.06. The monoisotopic (exact) mass is 187 g/mol. The van der Waals surface area contributed by atoms with Crippen LogP contribution in [0.3, 0.4) is 0 Å². The molecule has 0 aliphatic carbocycles. The van der Waals surface area contributed by atoms with Gasteiger partial charge in [0, 0.05) is 28.8 Å². The lowest BCUT2D eigenvalue weighted by Gasteiger charge is -2.13. The highest BCUT2D eigenvalue weighted by molar-refractivity contribution is 5.96. The van der Waals surface area contributed by atoms with Gasteiger partial charge in [0.1, 0.15) is 0 Å². The lowest BCUT2D eigenvalue weighted by atomic mass is 10.1. The Hall–Kier alpha value is -1.64. The Kier molecular flexibility index (Phi) is 1.48. The van der Waals surface area contributed by atoms with Crippen molar-refractivity contribution in [3.8, 4) is 0 Å². The van der Waals surface area contributed by atoms with Crippen molar-refractivity contribution in [1.82, 2.24) is 4.98 Å². The number of nitrogen functional groups attached to an aromatic ring is 1. The minimum atomic E-state index is 0.826. The summed E-state index contributed by atoms with van der Waals surface area (Å²) in [6.07, 6.45) is 2.34. The molecule has 3 nitrogen and oxygen atoms in total. The summed E-state index contributed by atoms with van der Waals surface area (Å²) in [7, 11) is 0. The molecule has 0 bridgehead atoms. The minimum absolute atomic E-state index is 0.826. The molecule has 2 heterocycles. The Morgan fingerprint density at radius 3 is 3.14 bits per heavy atom. The summed E-state index contributed by atoms with van der Waals surface area (Å²) >= 11 is 0. The topological polar surface area (TPSA) is 53.8 Å². The van der Waals surface area contributed by atoms with Crippen molar-refractivity contribution in [2.75, 3.05) is 17.6 Å². The van der Waals surface area contributed by atoms with Crippen LogP contribution in [0.1, 0.15) is 12.1 Å². The van der Waals surface area contributed by atoms with Gasteiger partial charge in [-0.2, -0.15) is 0 Å². The molecular weight excluding hydrogens is 174 g/mol. The summed E-state index contributed by atoms with van der Waals surface area (Å²) in [5.41, 5.74) is 10.3. The predicted molar refractivity (Wildman–Crippen MR) is 59.5 cm³/mol. The van der Waals surface area contributed by atoms with E-state index >= 15 is 0 Å². The van der Waals surface area contributed by atoms with Gasteiger partial charge in [-0.1, -0.05) is 0 Å². The van der Waals surface area contributed by atoms with Gasteiger partial charge in [0.15, 0.2) is 0 Å². The summed E-state index contributed by atoms with van der Waals surface area (Å²) in [5, 5.41) is 4.65. The third-order valence-corrected chi connectivity index (χ3v) is 2.81. The highest BCUT2D eigenvalue weighted by Gasteiger charge is 2.14. The van der Waals surface area contributed by atoms with E-state index in [1.165, 1.54) is 28.7 Å². The maximum Gasteiger partial charge on any atom is 0.0631 e. The molecule has 0 spiro atoms. The van der Waals surface area contributed by atoms with E-state index in [2.05, 4.69) is 10.3 Å². The number of nitrogens with one attached hydrogen (secondary N) is 2. The van der Waals surface area contributed by atoms with Gasteiger partial charge < -0.3 is 16.0 Å². The van der Waals surface area contributed by atoms with Crippen LogP contribution in [0.5, 0.6) is 0 Å². The summed E-state index contributed by atoms with van der Waals surface area (Å²) < 4.78 is 0. The molecule has 0 saturated heterocycles. The predicted octanol–water partition coefficient (Wildman–Crippen LogP) is 2.11. The molecular formula is C11H13N3. The van der Waals surface area contributed by atoms with Crippen molar-refractivity contribution in [2.24, 2.45) is 0 Å². The molecule has 0 unspecified atom stereocenters. The van der Waals surface area contributed by atoms with Crippen LogP contribution in [0.25, 0.3) is 10.9 Å². The Morgan fingerprint density at radius 2 is 2.21 bits per heavy atom. The van der Waals surface area contributed by atoms with Crippen LogP contribution in [0, 0.1) is 0 Å². The molecule has 0 radical (unpaired) electrons. The van der Waals surface area contributed by atoms with E-state index in [0.29, 0.717) is 0 Å². The number of nitrogens with two attached hydrogens (primary N) is 1. The second-order valence-corrected chi connectivity index (χ2v) is 3.81. The van der Waals surface area contributed by atoms with Crippen molar-refractivity contribution in [1.29, 1.82) is 0 Å². The van der Waals surface area contributed by atoms with E-state index in [1.54, 1.807) is 0 Å². The molecule has 0 fully saturated rings. The number of hydrogen-bond acceptors (Lipinski definition) is 2. The van der Waals surface area contributed by atoms with Gasteiger partial charge in [-0.05, 0) is 31.0 Å². The third kappa shape index (κ3) is 0.985. The Balaban J connectivity index is 2.32. The molecule has 1 aliphatic rings. The van der Waals surface area contributed by atoms with Crippen molar-refractivity contribution < 1.29 is 0 Å². The summed E-state index contributed by atoms with van der Waals surface area (Å²) in [5.74, 6) is 0. The average Bonchev–Trinajstić information content (AvgIpc) is 2.56. The Morgan fingerprint density at radius 1 is 1.29 bits per heavy atom. The maximum atomic E-state index is 5.77. The molecule has 3 heteroatoms. The van der Waals surface area contributed by atoms with E-state index in [-0.39, 0.29) is 0 Å². The van der Waals surface area contributed by atoms with Crippen molar-refractivity contribution >= 4 is 22.3 Å². The lowest BCUT2D eigenvalue weighted by molar-refractivity contribution is 0.814. The number of fused-ring (bicyclic) bond motifs is 3. The number of H-pyrrole nitrogens is 1. The Labute approximate surface area is 82.3 Å². The zero-order chi connectivity index (χ0) is 9.54. The SMILES string of the molecule is Nc1ccc2[nH]c3c(c2c1)NCCC3. The molecule has 1 aromatic heterocycles. The fraction of sp³-hybridized carbons (Fsp3) is 0.273. The highest BCUT2D eigenvalue weighted by Crippen LogP contribution is 2.32. The van der Waals surface area contributed by atoms with Crippen LogP contribution >= 0.6 is 0 Å².